The number of hydrogen-bond donors (Lipinski definition) is 1. The summed E-state index contributed by atoms with van der Waals surface area (Å²) in [5, 5.41) is 7.30. The van der Waals surface area contributed by atoms with Crippen molar-refractivity contribution in [3.05, 3.63) is 90.0 Å². The number of alkyl halides is 3. The third-order valence-corrected chi connectivity index (χ3v) is 7.28. The third-order valence-electron chi connectivity index (χ3n) is 6.36. The molecule has 0 aliphatic carbocycles. The Balaban J connectivity index is 1.18. The number of amides is 3. The van der Waals surface area contributed by atoms with Gasteiger partial charge in [0.15, 0.2) is 11.0 Å². The summed E-state index contributed by atoms with van der Waals surface area (Å²) in [5.41, 5.74) is 3.69. The summed E-state index contributed by atoms with van der Waals surface area (Å²) in [4.78, 5) is 35.4. The number of amidine groups is 1. The molecule has 1 saturated heterocycles. The van der Waals surface area contributed by atoms with Gasteiger partial charge in [-0.3, -0.25) is 9.69 Å². The highest BCUT2D eigenvalue weighted by Gasteiger charge is 2.33. The minimum atomic E-state index is -4.77. The number of carbonyl (C=O) groups excluding carboxylic acids is 2. The van der Waals surface area contributed by atoms with Crippen LogP contribution >= 0.6 is 11.8 Å². The molecule has 1 aliphatic rings. The fourth-order valence-corrected chi connectivity index (χ4v) is 5.18. The van der Waals surface area contributed by atoms with Crippen molar-refractivity contribution in [1.82, 2.24) is 14.8 Å². The SMILES string of the molecule is Cc1ccc(C(C)C)c(N2C(=O)CS/C2=N\C(=O)Nc2ccc(OCc3ncn(-c4ccc(OC(F)(F)F)cc4)n3)cc2)c1. The fourth-order valence-electron chi connectivity index (χ4n) is 4.33. The molecule has 0 saturated carbocycles. The van der Waals surface area contributed by atoms with E-state index in [1.54, 1.807) is 24.3 Å². The Morgan fingerprint density at radius 1 is 1.07 bits per heavy atom. The predicted molar refractivity (Wildman–Crippen MR) is 160 cm³/mol. The fraction of sp³-hybridized carbons (Fsp3) is 0.233. The van der Waals surface area contributed by atoms with Gasteiger partial charge in [0.1, 0.15) is 24.4 Å². The number of hydrogen-bond acceptors (Lipinski definition) is 7. The quantitative estimate of drug-likeness (QED) is 0.228. The van der Waals surface area contributed by atoms with Crippen LogP contribution in [0.1, 0.15) is 36.7 Å². The van der Waals surface area contributed by atoms with Crippen molar-refractivity contribution in [2.24, 2.45) is 4.99 Å². The van der Waals surface area contributed by atoms with Crippen molar-refractivity contribution >= 4 is 40.2 Å². The second-order valence-corrected chi connectivity index (χ2v) is 11.0. The number of nitrogens with zero attached hydrogens (tertiary/aromatic N) is 5. The van der Waals surface area contributed by atoms with Crippen LogP contribution in [-0.2, 0) is 11.4 Å². The molecule has 0 radical (unpaired) electrons. The van der Waals surface area contributed by atoms with E-state index in [1.165, 1.54) is 51.9 Å². The largest absolute Gasteiger partial charge is 0.573 e. The molecule has 1 aliphatic heterocycles. The minimum Gasteiger partial charge on any atom is -0.486 e. The summed E-state index contributed by atoms with van der Waals surface area (Å²) in [7, 11) is 0. The summed E-state index contributed by atoms with van der Waals surface area (Å²) < 4.78 is 48.1. The number of benzene rings is 3. The van der Waals surface area contributed by atoms with Gasteiger partial charge in [-0.05, 0) is 78.6 Å². The number of carbonyl (C=O) groups is 2. The van der Waals surface area contributed by atoms with E-state index in [0.29, 0.717) is 28.1 Å². The molecule has 3 amide bonds. The van der Waals surface area contributed by atoms with Crippen LogP contribution in [0.4, 0.5) is 29.3 Å². The Kier molecular flexibility index (Phi) is 8.90. The highest BCUT2D eigenvalue weighted by atomic mass is 32.2. The van der Waals surface area contributed by atoms with Gasteiger partial charge in [-0.15, -0.1) is 18.3 Å². The topological polar surface area (TPSA) is 111 Å². The first-order valence-electron chi connectivity index (χ1n) is 13.4. The molecular weight excluding hydrogens is 597 g/mol. The Labute approximate surface area is 254 Å². The van der Waals surface area contributed by atoms with Crippen molar-refractivity contribution in [2.45, 2.75) is 39.7 Å². The summed E-state index contributed by atoms with van der Waals surface area (Å²) in [6.45, 7) is 6.07. The zero-order valence-electron chi connectivity index (χ0n) is 23.8. The normalized spacial score (nSPS) is 14.4. The van der Waals surface area contributed by atoms with Crippen LogP contribution < -0.4 is 19.7 Å². The van der Waals surface area contributed by atoms with E-state index in [-0.39, 0.29) is 29.9 Å². The zero-order chi connectivity index (χ0) is 31.4. The second-order valence-electron chi connectivity index (χ2n) is 10.0. The van der Waals surface area contributed by atoms with Gasteiger partial charge in [0.25, 0.3) is 0 Å². The molecule has 10 nitrogen and oxygen atoms in total. The van der Waals surface area contributed by atoms with Gasteiger partial charge in [-0.2, -0.15) is 4.99 Å². The van der Waals surface area contributed by atoms with Crippen LogP contribution in [-0.4, -0.2) is 44.0 Å². The number of aryl methyl sites for hydroxylation is 1. The second kappa shape index (κ2) is 12.8. The number of ether oxygens (including phenoxy) is 2. The maximum Gasteiger partial charge on any atom is 0.573 e. The van der Waals surface area contributed by atoms with Crippen molar-refractivity contribution in [1.29, 1.82) is 0 Å². The Morgan fingerprint density at radius 3 is 2.45 bits per heavy atom. The van der Waals surface area contributed by atoms with Crippen LogP contribution in [0.15, 0.2) is 78.0 Å². The van der Waals surface area contributed by atoms with Crippen molar-refractivity contribution < 1.29 is 32.2 Å². The summed E-state index contributed by atoms with van der Waals surface area (Å²) in [6.07, 6.45) is -3.35. The molecular formula is C30H27F3N6O4S. The van der Waals surface area contributed by atoms with Crippen LogP contribution in [0, 0.1) is 6.92 Å². The van der Waals surface area contributed by atoms with Crippen LogP contribution in [0.25, 0.3) is 5.69 Å². The number of halogens is 3. The number of urea groups is 1. The van der Waals surface area contributed by atoms with Crippen molar-refractivity contribution in [3.63, 3.8) is 0 Å². The standard InChI is InChI=1S/C30H27F3N6O4S/c1-18(2)24-13-4-19(3)14-25(24)39-27(40)16-44-29(39)36-28(41)35-20-5-9-22(10-6-20)42-15-26-34-17-38(37-26)21-7-11-23(12-8-21)43-30(31,32)33/h4-14,17-18H,15-16H2,1-3H3,(H,35,41)/b36-29-. The molecule has 1 aromatic heterocycles. The van der Waals surface area contributed by atoms with Crippen LogP contribution in [0.5, 0.6) is 11.5 Å². The lowest BCUT2D eigenvalue weighted by Gasteiger charge is -2.22. The number of nitrogens with one attached hydrogen (secondary N) is 1. The maximum absolute atomic E-state index is 12.8. The zero-order valence-corrected chi connectivity index (χ0v) is 24.6. The Morgan fingerprint density at radius 2 is 1.77 bits per heavy atom. The number of aliphatic imine (C=N–C) groups is 1. The summed E-state index contributed by atoms with van der Waals surface area (Å²) in [6, 6.07) is 17.1. The molecule has 4 aromatic rings. The van der Waals surface area contributed by atoms with Gasteiger partial charge >= 0.3 is 12.4 Å². The van der Waals surface area contributed by atoms with E-state index < -0.39 is 12.4 Å². The molecule has 2 heterocycles. The maximum atomic E-state index is 12.8. The first-order chi connectivity index (χ1) is 20.9. The molecule has 5 rings (SSSR count). The van der Waals surface area contributed by atoms with Gasteiger partial charge in [-0.25, -0.2) is 14.5 Å². The molecule has 0 unspecified atom stereocenters. The molecule has 1 fully saturated rings. The van der Waals surface area contributed by atoms with Crippen LogP contribution in [0.3, 0.4) is 0 Å². The molecule has 1 N–H and O–H groups in total. The van der Waals surface area contributed by atoms with E-state index in [4.69, 9.17) is 4.74 Å². The molecule has 0 spiro atoms. The van der Waals surface area contributed by atoms with E-state index in [0.717, 1.165) is 16.8 Å². The molecule has 0 bridgehead atoms. The number of aromatic nitrogens is 3. The number of anilines is 2. The number of rotatable bonds is 8. The van der Waals surface area contributed by atoms with E-state index in [9.17, 15) is 22.8 Å². The molecule has 0 atom stereocenters. The molecule has 14 heteroatoms. The average molecular weight is 625 g/mol. The summed E-state index contributed by atoms with van der Waals surface area (Å²) in [5.74, 6) is 0.727. The van der Waals surface area contributed by atoms with Crippen LogP contribution in [0.2, 0.25) is 0 Å². The first-order valence-corrected chi connectivity index (χ1v) is 14.4. The van der Waals surface area contributed by atoms with Gasteiger partial charge in [-0.1, -0.05) is 37.7 Å². The van der Waals surface area contributed by atoms with Crippen molar-refractivity contribution in [2.75, 3.05) is 16.0 Å². The number of thioether (sulfide) groups is 1. The molecule has 228 valence electrons. The Hall–Kier alpha value is -4.85. The Bertz CT molecular complexity index is 1690. The van der Waals surface area contributed by atoms with Gasteiger partial charge in [0.2, 0.25) is 5.91 Å². The first kappa shape index (κ1) is 30.6. The monoisotopic (exact) mass is 624 g/mol. The lowest BCUT2D eigenvalue weighted by molar-refractivity contribution is -0.274. The smallest absolute Gasteiger partial charge is 0.486 e. The van der Waals surface area contributed by atoms with Gasteiger partial charge in [0, 0.05) is 5.69 Å². The highest BCUT2D eigenvalue weighted by Crippen LogP contribution is 2.34. The molecule has 44 heavy (non-hydrogen) atoms. The predicted octanol–water partition coefficient (Wildman–Crippen LogP) is 6.84. The average Bonchev–Trinajstić information content (AvgIpc) is 3.58. The van der Waals surface area contributed by atoms with Gasteiger partial charge in [0.05, 0.1) is 17.1 Å². The summed E-state index contributed by atoms with van der Waals surface area (Å²) >= 11 is 1.21. The highest BCUT2D eigenvalue weighted by molar-refractivity contribution is 8.15. The minimum absolute atomic E-state index is 0.0278. The lowest BCUT2D eigenvalue weighted by atomic mass is 9.99. The lowest BCUT2D eigenvalue weighted by Crippen LogP contribution is -2.31. The van der Waals surface area contributed by atoms with E-state index in [2.05, 4.69) is 25.1 Å². The van der Waals surface area contributed by atoms with Gasteiger partial charge < -0.3 is 14.8 Å². The molecule has 3 aromatic carbocycles. The van der Waals surface area contributed by atoms with Crippen molar-refractivity contribution in [3.8, 4) is 17.2 Å². The third kappa shape index (κ3) is 7.56. The van der Waals surface area contributed by atoms with E-state index in [1.807, 2.05) is 39.0 Å². The van der Waals surface area contributed by atoms with E-state index >= 15 is 0 Å².